The van der Waals surface area contributed by atoms with E-state index in [9.17, 15) is 0 Å². The van der Waals surface area contributed by atoms with Gasteiger partial charge in [0, 0.05) is 44.1 Å². The van der Waals surface area contributed by atoms with Crippen molar-refractivity contribution in [3.63, 3.8) is 0 Å². The number of nitrogens with zero attached hydrogens (tertiary/aromatic N) is 5. The highest BCUT2D eigenvalue weighted by atomic mass is 15.4. The Morgan fingerprint density at radius 3 is 2.45 bits per heavy atom. The molecule has 3 heterocycles. The van der Waals surface area contributed by atoms with Crippen molar-refractivity contribution in [2.45, 2.75) is 37.6 Å². The summed E-state index contributed by atoms with van der Waals surface area (Å²) in [5.74, 6) is 2.07. The molecule has 0 unspecified atom stereocenters. The van der Waals surface area contributed by atoms with Crippen LogP contribution in [-0.4, -0.2) is 56.9 Å². The normalized spacial score (nSPS) is 22.3. The number of nitrogens with two attached hydrogens (primary N) is 1. The molecule has 8 nitrogen and oxygen atoms in total. The van der Waals surface area contributed by atoms with Gasteiger partial charge >= 0.3 is 0 Å². The van der Waals surface area contributed by atoms with Crippen molar-refractivity contribution in [1.29, 1.82) is 0 Å². The van der Waals surface area contributed by atoms with Crippen LogP contribution in [0.2, 0.25) is 0 Å². The molecule has 4 N–H and O–H groups in total. The molecule has 2 aliphatic rings. The minimum atomic E-state index is 0.305. The molecule has 31 heavy (non-hydrogen) atoms. The van der Waals surface area contributed by atoms with Crippen LogP contribution in [0.3, 0.4) is 0 Å². The highest BCUT2D eigenvalue weighted by Gasteiger charge is 2.27. The maximum absolute atomic E-state index is 6.02. The summed E-state index contributed by atoms with van der Waals surface area (Å²) in [6.45, 7) is 4.67. The zero-order valence-corrected chi connectivity index (χ0v) is 17.7. The van der Waals surface area contributed by atoms with E-state index >= 15 is 0 Å². The maximum Gasteiger partial charge on any atom is 0.248 e. The topological polar surface area (TPSA) is 96.9 Å². The Balaban J connectivity index is 1.19. The van der Waals surface area contributed by atoms with Gasteiger partial charge in [-0.25, -0.2) is 4.98 Å². The van der Waals surface area contributed by atoms with Crippen LogP contribution in [0.15, 0.2) is 48.7 Å². The molecule has 1 aromatic carbocycles. The average molecular weight is 419 g/mol. The Hall–Kier alpha value is -2.97. The fraction of sp³-hybridized carbons (Fsp3) is 0.435. The highest BCUT2D eigenvalue weighted by molar-refractivity contribution is 5.55. The van der Waals surface area contributed by atoms with E-state index in [4.69, 9.17) is 5.73 Å². The fourth-order valence-corrected chi connectivity index (χ4v) is 4.81. The summed E-state index contributed by atoms with van der Waals surface area (Å²) in [7, 11) is 0. The molecule has 0 bridgehead atoms. The van der Waals surface area contributed by atoms with Crippen molar-refractivity contribution >= 4 is 17.6 Å². The molecular formula is C23H30N8. The van der Waals surface area contributed by atoms with Gasteiger partial charge in [-0.3, -0.25) is 4.90 Å². The molecule has 2 fully saturated rings. The number of piperazine rings is 1. The molecule has 1 saturated carbocycles. The number of nitrogen functional groups attached to an aromatic ring is 1. The third kappa shape index (κ3) is 4.55. The van der Waals surface area contributed by atoms with E-state index in [1.165, 1.54) is 49.0 Å². The van der Waals surface area contributed by atoms with Crippen LogP contribution in [0.4, 0.5) is 17.6 Å². The van der Waals surface area contributed by atoms with Gasteiger partial charge in [-0.05, 0) is 61.4 Å². The summed E-state index contributed by atoms with van der Waals surface area (Å²) in [5, 5.41) is 11.1. The number of aromatic nitrogens is 4. The second kappa shape index (κ2) is 9.03. The van der Waals surface area contributed by atoms with Crippen LogP contribution >= 0.6 is 0 Å². The Morgan fingerprint density at radius 1 is 0.968 bits per heavy atom. The number of benzene rings is 1. The molecule has 1 aliphatic carbocycles. The van der Waals surface area contributed by atoms with Gasteiger partial charge in [-0.1, -0.05) is 18.2 Å². The zero-order valence-electron chi connectivity index (χ0n) is 17.7. The largest absolute Gasteiger partial charge is 0.368 e. The van der Waals surface area contributed by atoms with Crippen LogP contribution in [0.25, 0.3) is 5.82 Å². The molecule has 0 radical (unpaired) electrons. The van der Waals surface area contributed by atoms with E-state index in [1.807, 2.05) is 18.2 Å². The van der Waals surface area contributed by atoms with Crippen molar-refractivity contribution < 1.29 is 0 Å². The molecule has 1 saturated heterocycles. The summed E-state index contributed by atoms with van der Waals surface area (Å²) >= 11 is 0. The van der Waals surface area contributed by atoms with Gasteiger partial charge in [0.2, 0.25) is 11.9 Å². The van der Waals surface area contributed by atoms with E-state index in [-0.39, 0.29) is 0 Å². The molecule has 2 aromatic heterocycles. The second-order valence-corrected chi connectivity index (χ2v) is 8.43. The van der Waals surface area contributed by atoms with Gasteiger partial charge in [0.15, 0.2) is 5.82 Å². The first-order valence-electron chi connectivity index (χ1n) is 11.2. The van der Waals surface area contributed by atoms with Crippen LogP contribution in [0, 0.1) is 0 Å². The van der Waals surface area contributed by atoms with Crippen LogP contribution < -0.4 is 16.4 Å². The van der Waals surface area contributed by atoms with E-state index in [2.05, 4.69) is 54.9 Å². The summed E-state index contributed by atoms with van der Waals surface area (Å²) < 4.78 is 1.54. The molecule has 162 valence electrons. The van der Waals surface area contributed by atoms with E-state index < -0.39 is 0 Å². The number of hydrogen-bond acceptors (Lipinski definition) is 7. The second-order valence-electron chi connectivity index (χ2n) is 8.43. The number of rotatable bonds is 5. The SMILES string of the molecule is Nc1nc(Nc2ccc(C3CCC(N4CCNCC4)CC3)cc2)nn1-c1ccccn1. The fourth-order valence-electron chi connectivity index (χ4n) is 4.81. The van der Waals surface area contributed by atoms with Crippen molar-refractivity contribution in [1.82, 2.24) is 30.0 Å². The molecule has 5 rings (SSSR count). The lowest BCUT2D eigenvalue weighted by molar-refractivity contribution is 0.133. The molecule has 0 atom stereocenters. The smallest absolute Gasteiger partial charge is 0.248 e. The summed E-state index contributed by atoms with van der Waals surface area (Å²) in [6, 6.07) is 15.0. The van der Waals surface area contributed by atoms with Crippen LogP contribution in [0.1, 0.15) is 37.2 Å². The van der Waals surface area contributed by atoms with E-state index in [0.29, 0.717) is 23.6 Å². The third-order valence-corrected chi connectivity index (χ3v) is 6.50. The van der Waals surface area contributed by atoms with E-state index in [1.54, 1.807) is 6.20 Å². The molecule has 1 aliphatic heterocycles. The monoisotopic (exact) mass is 418 g/mol. The number of anilines is 3. The predicted molar refractivity (Wildman–Crippen MR) is 123 cm³/mol. The van der Waals surface area contributed by atoms with Gasteiger partial charge in [0.25, 0.3) is 0 Å². The Labute approximate surface area is 182 Å². The lowest BCUT2D eigenvalue weighted by Crippen LogP contribution is -2.49. The van der Waals surface area contributed by atoms with Crippen LogP contribution in [0.5, 0.6) is 0 Å². The summed E-state index contributed by atoms with van der Waals surface area (Å²) in [5.41, 5.74) is 8.40. The average Bonchev–Trinajstić information content (AvgIpc) is 3.21. The minimum absolute atomic E-state index is 0.305. The van der Waals surface area contributed by atoms with Gasteiger partial charge in [0.1, 0.15) is 0 Å². The number of nitrogens with one attached hydrogen (secondary N) is 2. The van der Waals surface area contributed by atoms with Gasteiger partial charge in [-0.2, -0.15) is 9.67 Å². The first-order valence-corrected chi connectivity index (χ1v) is 11.2. The Bertz CT molecular complexity index is 971. The molecule has 8 heteroatoms. The van der Waals surface area contributed by atoms with Gasteiger partial charge < -0.3 is 16.4 Å². The highest BCUT2D eigenvalue weighted by Crippen LogP contribution is 2.35. The van der Waals surface area contributed by atoms with Crippen LogP contribution in [-0.2, 0) is 0 Å². The van der Waals surface area contributed by atoms with E-state index in [0.717, 1.165) is 24.8 Å². The molecular weight excluding hydrogens is 388 g/mol. The first-order chi connectivity index (χ1) is 15.3. The van der Waals surface area contributed by atoms with Crippen molar-refractivity contribution in [2.75, 3.05) is 37.2 Å². The lowest BCUT2D eigenvalue weighted by atomic mass is 9.81. The predicted octanol–water partition coefficient (Wildman–Crippen LogP) is 2.92. The Kier molecular flexibility index (Phi) is 5.82. The van der Waals surface area contributed by atoms with Gasteiger partial charge in [-0.15, -0.1) is 5.10 Å². The van der Waals surface area contributed by atoms with Crippen molar-refractivity contribution in [2.24, 2.45) is 0 Å². The molecule has 3 aromatic rings. The zero-order chi connectivity index (χ0) is 21.0. The van der Waals surface area contributed by atoms with Gasteiger partial charge in [0.05, 0.1) is 0 Å². The lowest BCUT2D eigenvalue weighted by Gasteiger charge is -2.39. The molecule has 0 amide bonds. The standard InChI is InChI=1S/C23H30N8/c24-22-28-23(29-31(22)21-3-1-2-12-26-21)27-19-8-4-17(5-9-19)18-6-10-20(11-7-18)30-15-13-25-14-16-30/h1-5,8-9,12,18,20,25H,6-7,10-11,13-16H2,(H3,24,27,28,29). The summed E-state index contributed by atoms with van der Waals surface area (Å²) in [4.78, 5) is 11.3. The van der Waals surface area contributed by atoms with Crippen molar-refractivity contribution in [3.8, 4) is 5.82 Å². The maximum atomic E-state index is 6.02. The first kappa shape index (κ1) is 20.0. The Morgan fingerprint density at radius 2 is 1.74 bits per heavy atom. The number of pyridine rings is 1. The summed E-state index contributed by atoms with van der Waals surface area (Å²) in [6.07, 6.45) is 6.86. The third-order valence-electron chi connectivity index (χ3n) is 6.50. The van der Waals surface area contributed by atoms with Crippen molar-refractivity contribution in [3.05, 3.63) is 54.2 Å². The minimum Gasteiger partial charge on any atom is -0.368 e. The number of hydrogen-bond donors (Lipinski definition) is 3. The quantitative estimate of drug-likeness (QED) is 0.586. The molecule has 0 spiro atoms.